The number of benzene rings is 1. The van der Waals surface area contributed by atoms with Gasteiger partial charge in [-0.3, -0.25) is 4.79 Å². The minimum Gasteiger partial charge on any atom is -0.352 e. The largest absolute Gasteiger partial charge is 0.352 e. The summed E-state index contributed by atoms with van der Waals surface area (Å²) in [6.07, 6.45) is 4.01. The van der Waals surface area contributed by atoms with Crippen molar-refractivity contribution >= 4 is 33.3 Å². The lowest BCUT2D eigenvalue weighted by atomic mass is 9.89. The summed E-state index contributed by atoms with van der Waals surface area (Å²) in [6.45, 7) is 9.83. The number of fused-ring (bicyclic) bond motifs is 3. The summed E-state index contributed by atoms with van der Waals surface area (Å²) in [4.78, 5) is 29.9. The molecule has 1 atom stereocenters. The molecule has 1 aliphatic heterocycles. The fourth-order valence-electron chi connectivity index (χ4n) is 4.88. The number of thiophene rings is 1. The standard InChI is InChI=1S/C26H32N4OS/c1-17(2)24-27-25(23-20-10-9-18(3)15-21(20)32-26(23)28-24)30-13-11-29(12-14-30)22(31)16-19-7-5-4-6-8-19/h4-8,17-18H,9-16H2,1-3H3/t18-/m0/s1. The maximum absolute atomic E-state index is 12.8. The van der Waals surface area contributed by atoms with Crippen molar-refractivity contribution in [3.05, 3.63) is 52.2 Å². The van der Waals surface area contributed by atoms with Gasteiger partial charge in [0.25, 0.3) is 0 Å². The van der Waals surface area contributed by atoms with Gasteiger partial charge in [-0.1, -0.05) is 51.1 Å². The molecule has 0 radical (unpaired) electrons. The number of piperazine rings is 1. The van der Waals surface area contributed by atoms with E-state index < -0.39 is 0 Å². The van der Waals surface area contributed by atoms with E-state index in [1.807, 2.05) is 46.6 Å². The second kappa shape index (κ2) is 8.81. The van der Waals surface area contributed by atoms with Crippen LogP contribution < -0.4 is 4.90 Å². The Morgan fingerprint density at radius 2 is 1.88 bits per heavy atom. The van der Waals surface area contributed by atoms with Crippen LogP contribution >= 0.6 is 11.3 Å². The van der Waals surface area contributed by atoms with E-state index in [0.717, 1.165) is 67.0 Å². The van der Waals surface area contributed by atoms with Crippen LogP contribution in [0.3, 0.4) is 0 Å². The predicted octanol–water partition coefficient (Wildman–Crippen LogP) is 4.83. The fourth-order valence-corrected chi connectivity index (χ4v) is 6.26. The minimum atomic E-state index is 0.216. The molecular weight excluding hydrogens is 416 g/mol. The number of nitrogens with zero attached hydrogens (tertiary/aromatic N) is 4. The summed E-state index contributed by atoms with van der Waals surface area (Å²) >= 11 is 1.88. The smallest absolute Gasteiger partial charge is 0.227 e. The molecule has 5 rings (SSSR count). The zero-order valence-electron chi connectivity index (χ0n) is 19.3. The number of aromatic nitrogens is 2. The Bertz CT molecular complexity index is 1120. The maximum Gasteiger partial charge on any atom is 0.227 e. The topological polar surface area (TPSA) is 49.3 Å². The maximum atomic E-state index is 12.8. The SMILES string of the molecule is CC(C)c1nc(N2CCN(C(=O)Cc3ccccc3)CC2)c2c3c(sc2n1)C[C@@H](C)CC3. The Labute approximate surface area is 194 Å². The molecule has 3 aromatic rings. The average Bonchev–Trinajstić information content (AvgIpc) is 3.16. The van der Waals surface area contributed by atoms with Crippen LogP contribution in [0.25, 0.3) is 10.2 Å². The van der Waals surface area contributed by atoms with Gasteiger partial charge in [0.05, 0.1) is 11.8 Å². The van der Waals surface area contributed by atoms with E-state index in [9.17, 15) is 4.79 Å². The zero-order chi connectivity index (χ0) is 22.2. The van der Waals surface area contributed by atoms with E-state index >= 15 is 0 Å². The first-order chi connectivity index (χ1) is 15.5. The van der Waals surface area contributed by atoms with Gasteiger partial charge in [0.2, 0.25) is 5.91 Å². The molecule has 0 bridgehead atoms. The van der Waals surface area contributed by atoms with Gasteiger partial charge in [0.15, 0.2) is 0 Å². The molecule has 1 aliphatic carbocycles. The van der Waals surface area contributed by atoms with Crippen LogP contribution in [0, 0.1) is 5.92 Å². The molecule has 0 spiro atoms. The molecular formula is C26H32N4OS. The fraction of sp³-hybridized carbons (Fsp3) is 0.500. The van der Waals surface area contributed by atoms with Crippen molar-refractivity contribution in [1.82, 2.24) is 14.9 Å². The molecule has 5 nitrogen and oxygen atoms in total. The van der Waals surface area contributed by atoms with E-state index in [2.05, 4.69) is 25.7 Å². The lowest BCUT2D eigenvalue weighted by molar-refractivity contribution is -0.130. The number of carbonyl (C=O) groups excluding carboxylic acids is 1. The second-order valence-electron chi connectivity index (χ2n) is 9.62. The lowest BCUT2D eigenvalue weighted by Gasteiger charge is -2.36. The molecule has 3 heterocycles. The van der Waals surface area contributed by atoms with Crippen molar-refractivity contribution in [2.45, 2.75) is 52.4 Å². The van der Waals surface area contributed by atoms with Gasteiger partial charge >= 0.3 is 0 Å². The predicted molar refractivity (Wildman–Crippen MR) is 132 cm³/mol. The summed E-state index contributed by atoms with van der Waals surface area (Å²) in [7, 11) is 0. The molecule has 2 aromatic heterocycles. The third-order valence-electron chi connectivity index (χ3n) is 6.80. The first-order valence-electron chi connectivity index (χ1n) is 11.9. The van der Waals surface area contributed by atoms with Crippen molar-refractivity contribution in [2.24, 2.45) is 5.92 Å². The van der Waals surface area contributed by atoms with E-state index in [1.165, 1.54) is 22.2 Å². The molecule has 0 unspecified atom stereocenters. The number of anilines is 1. The Balaban J connectivity index is 1.39. The van der Waals surface area contributed by atoms with Crippen LogP contribution in [0.15, 0.2) is 30.3 Å². The number of amides is 1. The van der Waals surface area contributed by atoms with E-state index in [0.29, 0.717) is 12.3 Å². The summed E-state index contributed by atoms with van der Waals surface area (Å²) in [6, 6.07) is 10.0. The molecule has 6 heteroatoms. The summed E-state index contributed by atoms with van der Waals surface area (Å²) in [5.41, 5.74) is 2.56. The van der Waals surface area contributed by atoms with Crippen LogP contribution in [0.4, 0.5) is 5.82 Å². The van der Waals surface area contributed by atoms with Crippen LogP contribution in [0.1, 0.15) is 54.9 Å². The van der Waals surface area contributed by atoms with E-state index in [-0.39, 0.29) is 5.91 Å². The number of rotatable bonds is 4. The van der Waals surface area contributed by atoms with Gasteiger partial charge in [-0.2, -0.15) is 0 Å². The van der Waals surface area contributed by atoms with E-state index in [4.69, 9.17) is 9.97 Å². The number of carbonyl (C=O) groups is 1. The Morgan fingerprint density at radius 3 is 2.59 bits per heavy atom. The molecule has 1 amide bonds. The molecule has 0 N–H and O–H groups in total. The quantitative estimate of drug-likeness (QED) is 0.574. The van der Waals surface area contributed by atoms with Crippen LogP contribution in [-0.4, -0.2) is 47.0 Å². The highest BCUT2D eigenvalue weighted by atomic mass is 32.1. The molecule has 32 heavy (non-hydrogen) atoms. The van der Waals surface area contributed by atoms with Crippen LogP contribution in [-0.2, 0) is 24.1 Å². The van der Waals surface area contributed by atoms with Crippen LogP contribution in [0.2, 0.25) is 0 Å². The Hall–Kier alpha value is -2.47. The first-order valence-corrected chi connectivity index (χ1v) is 12.7. The zero-order valence-corrected chi connectivity index (χ0v) is 20.1. The van der Waals surface area contributed by atoms with Gasteiger partial charge < -0.3 is 9.80 Å². The Morgan fingerprint density at radius 1 is 1.12 bits per heavy atom. The van der Waals surface area contributed by atoms with Crippen molar-refractivity contribution < 1.29 is 4.79 Å². The number of hydrogen-bond donors (Lipinski definition) is 0. The monoisotopic (exact) mass is 448 g/mol. The first kappa shape index (κ1) is 21.4. The Kier molecular flexibility index (Phi) is 5.89. The molecule has 168 valence electrons. The molecule has 1 saturated heterocycles. The highest BCUT2D eigenvalue weighted by Gasteiger charge is 2.28. The third-order valence-corrected chi connectivity index (χ3v) is 7.95. The second-order valence-corrected chi connectivity index (χ2v) is 10.7. The van der Waals surface area contributed by atoms with Gasteiger partial charge in [0, 0.05) is 37.0 Å². The highest BCUT2D eigenvalue weighted by molar-refractivity contribution is 7.19. The van der Waals surface area contributed by atoms with E-state index in [1.54, 1.807) is 0 Å². The number of aryl methyl sites for hydroxylation is 1. The normalized spacial score (nSPS) is 18.9. The van der Waals surface area contributed by atoms with Gasteiger partial charge in [0.1, 0.15) is 16.5 Å². The highest BCUT2D eigenvalue weighted by Crippen LogP contribution is 2.41. The third kappa shape index (κ3) is 4.13. The van der Waals surface area contributed by atoms with Crippen LogP contribution in [0.5, 0.6) is 0 Å². The van der Waals surface area contributed by atoms with Crippen molar-refractivity contribution in [1.29, 1.82) is 0 Å². The lowest BCUT2D eigenvalue weighted by Crippen LogP contribution is -2.49. The summed E-state index contributed by atoms with van der Waals surface area (Å²) < 4.78 is 0. The summed E-state index contributed by atoms with van der Waals surface area (Å²) in [5.74, 6) is 3.29. The molecule has 1 aromatic carbocycles. The van der Waals surface area contributed by atoms with Crippen molar-refractivity contribution in [2.75, 3.05) is 31.1 Å². The van der Waals surface area contributed by atoms with Gasteiger partial charge in [-0.15, -0.1) is 11.3 Å². The van der Waals surface area contributed by atoms with Crippen molar-refractivity contribution in [3.8, 4) is 0 Å². The molecule has 1 fully saturated rings. The number of hydrogen-bond acceptors (Lipinski definition) is 5. The van der Waals surface area contributed by atoms with Gasteiger partial charge in [-0.25, -0.2) is 9.97 Å². The summed E-state index contributed by atoms with van der Waals surface area (Å²) in [5, 5.41) is 1.28. The molecule has 0 saturated carbocycles. The molecule has 2 aliphatic rings. The van der Waals surface area contributed by atoms with Crippen molar-refractivity contribution in [3.63, 3.8) is 0 Å². The van der Waals surface area contributed by atoms with Gasteiger partial charge in [-0.05, 0) is 36.3 Å². The average molecular weight is 449 g/mol. The minimum absolute atomic E-state index is 0.216.